The Hall–Kier alpha value is -1.37. The summed E-state index contributed by atoms with van der Waals surface area (Å²) >= 11 is 0. The van der Waals surface area contributed by atoms with Gasteiger partial charge in [0.05, 0.1) is 12.5 Å². The molecule has 0 spiro atoms. The van der Waals surface area contributed by atoms with E-state index in [1.54, 1.807) is 0 Å². The Morgan fingerprint density at radius 1 is 1.31 bits per heavy atom. The Balaban J connectivity index is 2.29. The highest BCUT2D eigenvalue weighted by Gasteiger charge is 2.13. The van der Waals surface area contributed by atoms with Crippen molar-refractivity contribution in [2.24, 2.45) is 0 Å². The van der Waals surface area contributed by atoms with Crippen molar-refractivity contribution in [3.8, 4) is 6.07 Å². The van der Waals surface area contributed by atoms with Crippen LogP contribution in [0.4, 0.5) is 0 Å². The molecular weight excluding hydrogens is 164 g/mol. The van der Waals surface area contributed by atoms with Crippen LogP contribution in [0.3, 0.4) is 0 Å². The highest BCUT2D eigenvalue weighted by Crippen LogP contribution is 2.14. The van der Waals surface area contributed by atoms with Gasteiger partial charge in [-0.1, -0.05) is 6.42 Å². The molecule has 1 aromatic rings. The first-order valence-corrected chi connectivity index (χ1v) is 4.69. The van der Waals surface area contributed by atoms with Gasteiger partial charge in [-0.2, -0.15) is 5.26 Å². The van der Waals surface area contributed by atoms with E-state index in [4.69, 9.17) is 5.26 Å². The largest absolute Gasteiger partial charge is 0.314 e. The fourth-order valence-electron chi connectivity index (χ4n) is 1.75. The maximum atomic E-state index is 8.58. The van der Waals surface area contributed by atoms with E-state index in [1.807, 2.05) is 0 Å². The summed E-state index contributed by atoms with van der Waals surface area (Å²) in [5, 5.41) is 16.7. The standard InChI is InChI=1S/C9H12N4/c10-6-5-9-12-11-8-4-2-1-3-7-13(8)9/h1-5,7H2. The van der Waals surface area contributed by atoms with Gasteiger partial charge in [0.2, 0.25) is 0 Å². The molecule has 0 aliphatic carbocycles. The minimum absolute atomic E-state index is 0.382. The summed E-state index contributed by atoms with van der Waals surface area (Å²) in [4.78, 5) is 0. The lowest BCUT2D eigenvalue weighted by Gasteiger charge is -2.02. The van der Waals surface area contributed by atoms with Crippen LogP contribution in [0.1, 0.15) is 30.9 Å². The van der Waals surface area contributed by atoms with Crippen molar-refractivity contribution >= 4 is 0 Å². The Morgan fingerprint density at radius 3 is 3.08 bits per heavy atom. The normalized spacial score (nSPS) is 15.9. The Labute approximate surface area is 77.2 Å². The zero-order valence-corrected chi connectivity index (χ0v) is 7.53. The molecule has 1 aliphatic heterocycles. The van der Waals surface area contributed by atoms with Gasteiger partial charge < -0.3 is 4.57 Å². The van der Waals surface area contributed by atoms with E-state index >= 15 is 0 Å². The van der Waals surface area contributed by atoms with Gasteiger partial charge in [0.1, 0.15) is 11.6 Å². The fraction of sp³-hybridized carbons (Fsp3) is 0.667. The molecule has 0 N–H and O–H groups in total. The molecule has 0 unspecified atom stereocenters. The van der Waals surface area contributed by atoms with E-state index in [-0.39, 0.29) is 0 Å². The molecule has 1 aromatic heterocycles. The van der Waals surface area contributed by atoms with Gasteiger partial charge in [-0.25, -0.2) is 0 Å². The van der Waals surface area contributed by atoms with E-state index in [9.17, 15) is 0 Å². The first-order chi connectivity index (χ1) is 6.42. The minimum Gasteiger partial charge on any atom is -0.314 e. The molecule has 0 bridgehead atoms. The van der Waals surface area contributed by atoms with Crippen molar-refractivity contribution < 1.29 is 0 Å². The number of aromatic nitrogens is 3. The first-order valence-electron chi connectivity index (χ1n) is 4.69. The predicted octanol–water partition coefficient (Wildman–Crippen LogP) is 1.07. The van der Waals surface area contributed by atoms with E-state index in [0.717, 1.165) is 24.6 Å². The smallest absolute Gasteiger partial charge is 0.147 e. The van der Waals surface area contributed by atoms with Crippen LogP contribution < -0.4 is 0 Å². The van der Waals surface area contributed by atoms with E-state index in [1.165, 1.54) is 19.3 Å². The van der Waals surface area contributed by atoms with E-state index < -0.39 is 0 Å². The minimum atomic E-state index is 0.382. The van der Waals surface area contributed by atoms with Gasteiger partial charge in [-0.15, -0.1) is 10.2 Å². The Bertz CT molecular complexity index is 334. The summed E-state index contributed by atoms with van der Waals surface area (Å²) in [5.74, 6) is 1.89. The molecule has 0 amide bonds. The van der Waals surface area contributed by atoms with Crippen LogP contribution in [0.2, 0.25) is 0 Å². The first kappa shape index (κ1) is 8.24. The number of fused-ring (bicyclic) bond motifs is 1. The van der Waals surface area contributed by atoms with Gasteiger partial charge in [0, 0.05) is 13.0 Å². The van der Waals surface area contributed by atoms with Crippen LogP contribution in [0.15, 0.2) is 0 Å². The monoisotopic (exact) mass is 176 g/mol. The van der Waals surface area contributed by atoms with Crippen molar-refractivity contribution in [2.75, 3.05) is 0 Å². The predicted molar refractivity (Wildman–Crippen MR) is 46.9 cm³/mol. The van der Waals surface area contributed by atoms with Gasteiger partial charge in [0.25, 0.3) is 0 Å². The average molecular weight is 176 g/mol. The molecule has 1 aliphatic rings. The zero-order chi connectivity index (χ0) is 9.10. The van der Waals surface area contributed by atoms with Crippen molar-refractivity contribution in [3.05, 3.63) is 11.6 Å². The number of aryl methyl sites for hydroxylation is 1. The number of rotatable bonds is 1. The summed E-state index contributed by atoms with van der Waals surface area (Å²) in [6.07, 6.45) is 5.04. The lowest BCUT2D eigenvalue weighted by Crippen LogP contribution is -2.05. The quantitative estimate of drug-likeness (QED) is 0.643. The van der Waals surface area contributed by atoms with Crippen molar-refractivity contribution in [1.82, 2.24) is 14.8 Å². The van der Waals surface area contributed by atoms with Crippen LogP contribution in [0.25, 0.3) is 0 Å². The van der Waals surface area contributed by atoms with Gasteiger partial charge in [-0.05, 0) is 12.8 Å². The number of hydrogen-bond donors (Lipinski definition) is 0. The third kappa shape index (κ3) is 1.55. The maximum absolute atomic E-state index is 8.58. The Morgan fingerprint density at radius 2 is 2.23 bits per heavy atom. The summed E-state index contributed by atoms with van der Waals surface area (Å²) in [6.45, 7) is 0.985. The van der Waals surface area contributed by atoms with E-state index in [2.05, 4.69) is 20.8 Å². The third-order valence-corrected chi connectivity index (χ3v) is 2.42. The molecule has 0 radical (unpaired) electrons. The molecule has 0 atom stereocenters. The SMILES string of the molecule is N#CCc1nnc2n1CCCCC2. The summed E-state index contributed by atoms with van der Waals surface area (Å²) in [5.41, 5.74) is 0. The van der Waals surface area contributed by atoms with Crippen LogP contribution in [0.5, 0.6) is 0 Å². The maximum Gasteiger partial charge on any atom is 0.147 e. The lowest BCUT2D eigenvalue weighted by molar-refractivity contribution is 0.613. The lowest BCUT2D eigenvalue weighted by atomic mass is 10.2. The number of hydrogen-bond acceptors (Lipinski definition) is 3. The second kappa shape index (κ2) is 3.56. The van der Waals surface area contributed by atoms with E-state index in [0.29, 0.717) is 6.42 Å². The molecule has 68 valence electrons. The van der Waals surface area contributed by atoms with Gasteiger partial charge in [0.15, 0.2) is 0 Å². The molecule has 0 saturated heterocycles. The molecule has 4 heteroatoms. The number of nitrogens with zero attached hydrogens (tertiary/aromatic N) is 4. The zero-order valence-electron chi connectivity index (χ0n) is 7.53. The van der Waals surface area contributed by atoms with Crippen molar-refractivity contribution in [1.29, 1.82) is 5.26 Å². The highest BCUT2D eigenvalue weighted by molar-refractivity contribution is 5.02. The van der Waals surface area contributed by atoms with Crippen LogP contribution in [-0.4, -0.2) is 14.8 Å². The van der Waals surface area contributed by atoms with Gasteiger partial charge >= 0.3 is 0 Å². The molecule has 0 saturated carbocycles. The fourth-order valence-corrected chi connectivity index (χ4v) is 1.75. The topological polar surface area (TPSA) is 54.5 Å². The molecule has 2 heterocycles. The Kier molecular flexibility index (Phi) is 2.26. The molecule has 13 heavy (non-hydrogen) atoms. The summed E-state index contributed by atoms with van der Waals surface area (Å²) in [7, 11) is 0. The molecule has 0 aromatic carbocycles. The van der Waals surface area contributed by atoms with Crippen molar-refractivity contribution in [3.63, 3.8) is 0 Å². The average Bonchev–Trinajstić information content (AvgIpc) is 2.38. The second-order valence-electron chi connectivity index (χ2n) is 3.33. The highest BCUT2D eigenvalue weighted by atomic mass is 15.3. The summed E-state index contributed by atoms with van der Waals surface area (Å²) in [6, 6.07) is 2.12. The molecular formula is C9H12N4. The van der Waals surface area contributed by atoms with Crippen LogP contribution >= 0.6 is 0 Å². The van der Waals surface area contributed by atoms with Gasteiger partial charge in [-0.3, -0.25) is 0 Å². The second-order valence-corrected chi connectivity index (χ2v) is 3.33. The molecule has 0 fully saturated rings. The number of nitriles is 1. The van der Waals surface area contributed by atoms with Crippen LogP contribution in [-0.2, 0) is 19.4 Å². The summed E-state index contributed by atoms with van der Waals surface area (Å²) < 4.78 is 2.11. The van der Waals surface area contributed by atoms with Crippen LogP contribution in [0, 0.1) is 11.3 Å². The van der Waals surface area contributed by atoms with Crippen molar-refractivity contribution in [2.45, 2.75) is 38.6 Å². The molecule has 2 rings (SSSR count). The third-order valence-electron chi connectivity index (χ3n) is 2.42. The molecule has 4 nitrogen and oxygen atoms in total.